The molecule has 314 valence electrons. The molecule has 6 aromatic carbocycles. The van der Waals surface area contributed by atoms with E-state index in [2.05, 4.69) is 165 Å². The molecule has 4 nitrogen and oxygen atoms in total. The highest BCUT2D eigenvalue weighted by Gasteiger charge is 2.27. The lowest BCUT2D eigenvalue weighted by Crippen LogP contribution is -2.16. The second-order valence-electron chi connectivity index (χ2n) is 19.1. The molecule has 8 rings (SSSR count). The Morgan fingerprint density at radius 2 is 1.37 bits per heavy atom. The number of aromatic nitrogens is 3. The number of imidazole rings is 1. The van der Waals surface area contributed by atoms with E-state index in [9.17, 15) is 5.11 Å². The smallest absolute Gasteiger partial charge is 0.149 e. The SMILES string of the molecule is [2H]c1c([2H])c(-c2ccnc(-c3cc(-c4cccc5c4nc(-c4cc(C(C)C)cc(C(C)C)c4O)n5-c4ccc(C(C)(C)CC)cc4-c4ccccc4)cc(C(C)(C)C)c3)c2)c([2H])c([2H])c1C. The van der Waals surface area contributed by atoms with Gasteiger partial charge in [0, 0.05) is 22.9 Å². The predicted molar refractivity (Wildman–Crippen MR) is 263 cm³/mol. The van der Waals surface area contributed by atoms with E-state index in [1.54, 1.807) is 19.2 Å². The van der Waals surface area contributed by atoms with Crippen molar-refractivity contribution in [1.82, 2.24) is 14.5 Å². The van der Waals surface area contributed by atoms with Crippen molar-refractivity contribution in [3.63, 3.8) is 0 Å². The quantitative estimate of drug-likeness (QED) is 0.150. The van der Waals surface area contributed by atoms with E-state index in [0.29, 0.717) is 28.2 Å². The zero-order chi connectivity index (χ0) is 47.6. The third kappa shape index (κ3) is 8.11. The number of phenols is 1. The molecular weight excluding hydrogens is 755 g/mol. The summed E-state index contributed by atoms with van der Waals surface area (Å²) in [6, 6.07) is 37.8. The predicted octanol–water partition coefficient (Wildman–Crippen LogP) is 16.0. The van der Waals surface area contributed by atoms with E-state index >= 15 is 0 Å². The highest BCUT2D eigenvalue weighted by molar-refractivity contribution is 5.98. The molecule has 0 amide bonds. The van der Waals surface area contributed by atoms with E-state index < -0.39 is 0 Å². The Labute approximate surface area is 375 Å². The first-order valence-corrected chi connectivity index (χ1v) is 22.0. The second-order valence-corrected chi connectivity index (χ2v) is 19.1. The van der Waals surface area contributed by atoms with Crippen LogP contribution in [0.2, 0.25) is 0 Å². The number of benzene rings is 6. The maximum atomic E-state index is 12.3. The van der Waals surface area contributed by atoms with E-state index in [0.717, 1.165) is 67.6 Å². The molecule has 8 aromatic rings. The van der Waals surface area contributed by atoms with E-state index in [1.165, 1.54) is 5.56 Å². The van der Waals surface area contributed by atoms with E-state index in [4.69, 9.17) is 15.5 Å². The van der Waals surface area contributed by atoms with Gasteiger partial charge in [-0.3, -0.25) is 9.55 Å². The third-order valence-electron chi connectivity index (χ3n) is 12.6. The van der Waals surface area contributed by atoms with Gasteiger partial charge in [0.05, 0.1) is 33.5 Å². The van der Waals surface area contributed by atoms with Crippen molar-refractivity contribution < 1.29 is 10.6 Å². The van der Waals surface area contributed by atoms with Crippen LogP contribution in [0.1, 0.15) is 121 Å². The van der Waals surface area contributed by atoms with Gasteiger partial charge in [-0.1, -0.05) is 160 Å². The first kappa shape index (κ1) is 37.5. The number of para-hydroxylation sites is 1. The van der Waals surface area contributed by atoms with Crippen molar-refractivity contribution in [3.8, 4) is 67.5 Å². The number of phenolic OH excluding ortho intramolecular Hbond substituents is 1. The Balaban J connectivity index is 1.44. The van der Waals surface area contributed by atoms with Gasteiger partial charge in [0.1, 0.15) is 11.6 Å². The fourth-order valence-electron chi connectivity index (χ4n) is 8.21. The summed E-state index contributed by atoms with van der Waals surface area (Å²) in [5, 5.41) is 12.3. The molecule has 0 saturated heterocycles. The summed E-state index contributed by atoms with van der Waals surface area (Å²) in [5.74, 6) is 1.17. The summed E-state index contributed by atoms with van der Waals surface area (Å²) < 4.78 is 37.0. The Kier molecular flexibility index (Phi) is 10.0. The van der Waals surface area contributed by atoms with Crippen LogP contribution >= 0.6 is 0 Å². The van der Waals surface area contributed by atoms with Gasteiger partial charge in [0.15, 0.2) is 0 Å². The summed E-state index contributed by atoms with van der Waals surface area (Å²) in [6.07, 6.45) is 2.66. The van der Waals surface area contributed by atoms with Crippen molar-refractivity contribution in [2.75, 3.05) is 0 Å². The molecule has 0 saturated carbocycles. The van der Waals surface area contributed by atoms with Gasteiger partial charge in [-0.2, -0.15) is 0 Å². The van der Waals surface area contributed by atoms with Crippen molar-refractivity contribution in [2.24, 2.45) is 0 Å². The largest absolute Gasteiger partial charge is 0.507 e. The molecule has 0 aliphatic rings. The molecule has 4 heteroatoms. The van der Waals surface area contributed by atoms with Gasteiger partial charge in [-0.15, -0.1) is 0 Å². The minimum atomic E-state index is -0.254. The van der Waals surface area contributed by atoms with Gasteiger partial charge < -0.3 is 5.11 Å². The fraction of sp³-hybridized carbons (Fsp3) is 0.276. The molecule has 0 aliphatic heterocycles. The van der Waals surface area contributed by atoms with Gasteiger partial charge in [0.2, 0.25) is 0 Å². The molecule has 0 atom stereocenters. The monoisotopic (exact) mass is 820 g/mol. The van der Waals surface area contributed by atoms with Crippen LogP contribution in [0.3, 0.4) is 0 Å². The molecule has 0 spiro atoms. The van der Waals surface area contributed by atoms with Gasteiger partial charge in [-0.05, 0) is 129 Å². The van der Waals surface area contributed by atoms with Crippen LogP contribution in [-0.2, 0) is 10.8 Å². The van der Waals surface area contributed by atoms with Gasteiger partial charge in [0.25, 0.3) is 0 Å². The van der Waals surface area contributed by atoms with Crippen LogP contribution in [0.15, 0.2) is 140 Å². The first-order chi connectivity index (χ1) is 31.2. The number of hydrogen-bond donors (Lipinski definition) is 1. The van der Waals surface area contributed by atoms with Crippen LogP contribution in [0, 0.1) is 6.92 Å². The standard InChI is InChI=1S/C58H61N3O/c1-12-58(10,11)45-25-26-52(49(35-45)40-17-14-13-15-18-40)61-53-20-16-19-47(54(53)60-56(61)50-33-42(36(2)3)32-48(37(4)5)55(50)62)43-29-44(31-46(30-43)57(7,8)9)51-34-41(27-28-59-51)39-23-21-38(6)22-24-39/h13-37,62H,12H2,1-11H3/i21D,22D,23D,24D. The minimum absolute atomic E-state index is 0.0467. The van der Waals surface area contributed by atoms with Crippen LogP contribution in [0.25, 0.3) is 72.7 Å². The van der Waals surface area contributed by atoms with Crippen LogP contribution in [-0.4, -0.2) is 19.6 Å². The minimum Gasteiger partial charge on any atom is -0.507 e. The van der Waals surface area contributed by atoms with Crippen molar-refractivity contribution >= 4 is 11.0 Å². The molecule has 0 bridgehead atoms. The zero-order valence-corrected chi connectivity index (χ0v) is 38.1. The summed E-state index contributed by atoms with van der Waals surface area (Å²) in [6.45, 7) is 23.6. The Hall–Kier alpha value is -6.26. The summed E-state index contributed by atoms with van der Waals surface area (Å²) >= 11 is 0. The number of fused-ring (bicyclic) bond motifs is 1. The maximum absolute atomic E-state index is 12.3. The first-order valence-electron chi connectivity index (χ1n) is 24.0. The van der Waals surface area contributed by atoms with Gasteiger partial charge >= 0.3 is 0 Å². The summed E-state index contributed by atoms with van der Waals surface area (Å²) in [7, 11) is 0. The Morgan fingerprint density at radius 3 is 2.05 bits per heavy atom. The van der Waals surface area contributed by atoms with Crippen LogP contribution < -0.4 is 0 Å². The molecule has 0 radical (unpaired) electrons. The number of nitrogens with zero attached hydrogens (tertiary/aromatic N) is 3. The molecule has 1 N–H and O–H groups in total. The Morgan fingerprint density at radius 1 is 0.645 bits per heavy atom. The Bertz CT molecular complexity index is 3130. The normalized spacial score (nSPS) is 13.1. The lowest BCUT2D eigenvalue weighted by Gasteiger charge is -2.26. The fourth-order valence-corrected chi connectivity index (χ4v) is 8.21. The molecule has 0 aliphatic carbocycles. The second kappa shape index (κ2) is 16.5. The molecule has 0 unspecified atom stereocenters. The average molecular weight is 820 g/mol. The number of rotatable bonds is 10. The van der Waals surface area contributed by atoms with Gasteiger partial charge in [-0.25, -0.2) is 4.98 Å². The number of aromatic hydroxyl groups is 1. The van der Waals surface area contributed by atoms with Crippen LogP contribution in [0.5, 0.6) is 5.75 Å². The molecule has 2 heterocycles. The molecule has 0 fully saturated rings. The molecular formula is C58H61N3O. The lowest BCUT2D eigenvalue weighted by atomic mass is 9.81. The van der Waals surface area contributed by atoms with Crippen molar-refractivity contribution in [1.29, 1.82) is 0 Å². The average Bonchev–Trinajstić information content (AvgIpc) is 3.69. The lowest BCUT2D eigenvalue weighted by molar-refractivity contribution is 0.466. The van der Waals surface area contributed by atoms with Crippen molar-refractivity contribution in [3.05, 3.63) is 167 Å². The topological polar surface area (TPSA) is 50.9 Å². The third-order valence-corrected chi connectivity index (χ3v) is 12.6. The highest BCUT2D eigenvalue weighted by Crippen LogP contribution is 2.45. The molecule has 2 aromatic heterocycles. The van der Waals surface area contributed by atoms with E-state index in [1.807, 2.05) is 12.1 Å². The molecule has 62 heavy (non-hydrogen) atoms. The maximum Gasteiger partial charge on any atom is 0.149 e. The highest BCUT2D eigenvalue weighted by atomic mass is 16.3. The summed E-state index contributed by atoms with van der Waals surface area (Å²) in [4.78, 5) is 10.5. The van der Waals surface area contributed by atoms with E-state index in [-0.39, 0.29) is 58.1 Å². The summed E-state index contributed by atoms with van der Waals surface area (Å²) in [5.41, 5.74) is 14.0. The number of hydrogen-bond acceptors (Lipinski definition) is 3. The van der Waals surface area contributed by atoms with Crippen LogP contribution in [0.4, 0.5) is 0 Å². The number of pyridine rings is 1. The van der Waals surface area contributed by atoms with Crippen molar-refractivity contribution in [2.45, 2.75) is 105 Å². The zero-order valence-electron chi connectivity index (χ0n) is 42.1.